The average Bonchev–Trinajstić information content (AvgIpc) is 3.18. The molecule has 1 atom stereocenters. The molecule has 5 nitrogen and oxygen atoms in total. The summed E-state index contributed by atoms with van der Waals surface area (Å²) in [5.41, 5.74) is 7.72. The van der Waals surface area contributed by atoms with E-state index in [2.05, 4.69) is 36.9 Å². The Morgan fingerprint density at radius 2 is 1.86 bits per heavy atom. The molecule has 0 N–H and O–H groups in total. The number of allylic oxidation sites excluding steroid dienone is 1. The van der Waals surface area contributed by atoms with Gasteiger partial charge in [0.05, 0.1) is 20.3 Å². The van der Waals surface area contributed by atoms with Crippen LogP contribution in [-0.2, 0) is 6.42 Å². The lowest BCUT2D eigenvalue weighted by atomic mass is 9.81. The van der Waals surface area contributed by atoms with Gasteiger partial charge in [0.1, 0.15) is 0 Å². The van der Waals surface area contributed by atoms with Crippen LogP contribution in [0.15, 0.2) is 24.3 Å². The van der Waals surface area contributed by atoms with Crippen molar-refractivity contribution in [3.05, 3.63) is 46.5 Å². The van der Waals surface area contributed by atoms with E-state index in [1.165, 1.54) is 33.5 Å². The molecule has 1 unspecified atom stereocenters. The van der Waals surface area contributed by atoms with Crippen molar-refractivity contribution in [3.63, 3.8) is 0 Å². The second-order valence-corrected chi connectivity index (χ2v) is 7.43. The lowest BCUT2D eigenvalue weighted by Gasteiger charge is -2.44. The van der Waals surface area contributed by atoms with Crippen molar-refractivity contribution in [1.82, 2.24) is 4.90 Å². The number of methoxy groups -OCH3 is 2. The van der Waals surface area contributed by atoms with Gasteiger partial charge in [0.15, 0.2) is 23.0 Å². The minimum atomic E-state index is 0.198. The maximum atomic E-state index is 5.80. The van der Waals surface area contributed by atoms with Crippen molar-refractivity contribution in [1.29, 1.82) is 0 Å². The van der Waals surface area contributed by atoms with Crippen molar-refractivity contribution < 1.29 is 18.9 Å². The highest BCUT2D eigenvalue weighted by molar-refractivity contribution is 5.95. The average molecular weight is 379 g/mol. The van der Waals surface area contributed by atoms with Gasteiger partial charge in [-0.05, 0) is 54.7 Å². The lowest BCUT2D eigenvalue weighted by molar-refractivity contribution is 0.174. The van der Waals surface area contributed by atoms with E-state index in [1.807, 2.05) is 6.07 Å². The summed E-state index contributed by atoms with van der Waals surface area (Å²) in [6, 6.07) is 8.71. The number of ether oxygens (including phenoxy) is 4. The van der Waals surface area contributed by atoms with Gasteiger partial charge >= 0.3 is 0 Å². The van der Waals surface area contributed by atoms with Crippen LogP contribution >= 0.6 is 0 Å². The van der Waals surface area contributed by atoms with Crippen molar-refractivity contribution >= 4 is 11.3 Å². The van der Waals surface area contributed by atoms with E-state index in [9.17, 15) is 0 Å². The molecule has 0 amide bonds. The van der Waals surface area contributed by atoms with Crippen molar-refractivity contribution in [2.75, 3.05) is 27.6 Å². The summed E-state index contributed by atoms with van der Waals surface area (Å²) < 4.78 is 22.6. The molecule has 0 radical (unpaired) electrons. The van der Waals surface area contributed by atoms with Crippen LogP contribution in [0.4, 0.5) is 0 Å². The number of benzene rings is 2. The maximum Gasteiger partial charge on any atom is 0.231 e. The molecule has 0 fully saturated rings. The first-order chi connectivity index (χ1) is 13.7. The summed E-state index contributed by atoms with van der Waals surface area (Å²) >= 11 is 0. The van der Waals surface area contributed by atoms with Crippen LogP contribution in [0.5, 0.6) is 23.0 Å². The minimum Gasteiger partial charge on any atom is -0.493 e. The van der Waals surface area contributed by atoms with Gasteiger partial charge in [0.25, 0.3) is 0 Å². The summed E-state index contributed by atoms with van der Waals surface area (Å²) in [7, 11) is 3.42. The van der Waals surface area contributed by atoms with Crippen LogP contribution in [0, 0.1) is 0 Å². The highest BCUT2D eigenvalue weighted by Gasteiger charge is 2.37. The molecule has 5 heteroatoms. The third-order valence-corrected chi connectivity index (χ3v) is 6.20. The van der Waals surface area contributed by atoms with Gasteiger partial charge in [-0.25, -0.2) is 0 Å². The molecule has 28 heavy (non-hydrogen) atoms. The second-order valence-electron chi connectivity index (χ2n) is 7.43. The van der Waals surface area contributed by atoms with Crippen LogP contribution in [0.25, 0.3) is 11.3 Å². The van der Waals surface area contributed by atoms with Gasteiger partial charge in [-0.15, -0.1) is 0 Å². The van der Waals surface area contributed by atoms with Gasteiger partial charge < -0.3 is 23.8 Å². The standard InChI is InChI=1S/C23H25NO4/c1-5-15-16-6-7-18(25-3)23(26-4)21(16)13(2)24-9-8-14-10-19-20(28-12-27-19)11-17(14)22(15)24/h6-7,10-11,13H,5,8-9,12H2,1-4H3. The van der Waals surface area contributed by atoms with Gasteiger partial charge in [-0.1, -0.05) is 13.0 Å². The maximum absolute atomic E-state index is 5.80. The smallest absolute Gasteiger partial charge is 0.231 e. The zero-order valence-electron chi connectivity index (χ0n) is 16.8. The molecule has 2 aromatic rings. The molecule has 0 bridgehead atoms. The summed E-state index contributed by atoms with van der Waals surface area (Å²) in [6.45, 7) is 5.74. The highest BCUT2D eigenvalue weighted by Crippen LogP contribution is 2.52. The molecule has 0 saturated carbocycles. The monoisotopic (exact) mass is 379 g/mol. The Kier molecular flexibility index (Phi) is 3.93. The van der Waals surface area contributed by atoms with Gasteiger partial charge in [-0.3, -0.25) is 0 Å². The second kappa shape index (κ2) is 6.36. The van der Waals surface area contributed by atoms with Crippen LogP contribution in [-0.4, -0.2) is 32.5 Å². The fourth-order valence-corrected chi connectivity index (χ4v) is 4.91. The van der Waals surface area contributed by atoms with E-state index in [-0.39, 0.29) is 6.04 Å². The molecule has 0 spiro atoms. The number of nitrogens with zero attached hydrogens (tertiary/aromatic N) is 1. The minimum absolute atomic E-state index is 0.198. The molecule has 3 aliphatic rings. The molecule has 3 aliphatic heterocycles. The largest absolute Gasteiger partial charge is 0.493 e. The first-order valence-corrected chi connectivity index (χ1v) is 9.85. The van der Waals surface area contributed by atoms with E-state index < -0.39 is 0 Å². The van der Waals surface area contributed by atoms with Crippen molar-refractivity contribution in [3.8, 4) is 23.0 Å². The number of fused-ring (bicyclic) bond motifs is 5. The van der Waals surface area contributed by atoms with Crippen LogP contribution in [0.3, 0.4) is 0 Å². The number of hydrogen-bond donors (Lipinski definition) is 0. The Morgan fingerprint density at radius 3 is 2.57 bits per heavy atom. The van der Waals surface area contributed by atoms with E-state index in [0.29, 0.717) is 6.79 Å². The molecular formula is C23H25NO4. The summed E-state index contributed by atoms with van der Waals surface area (Å²) in [6.07, 6.45) is 1.92. The first-order valence-electron chi connectivity index (χ1n) is 9.85. The van der Waals surface area contributed by atoms with Gasteiger partial charge in [-0.2, -0.15) is 0 Å². The fourth-order valence-electron chi connectivity index (χ4n) is 4.91. The third kappa shape index (κ3) is 2.25. The zero-order valence-corrected chi connectivity index (χ0v) is 16.8. The first kappa shape index (κ1) is 17.3. The van der Waals surface area contributed by atoms with E-state index in [0.717, 1.165) is 42.4 Å². The Balaban J connectivity index is 1.78. The van der Waals surface area contributed by atoms with Crippen molar-refractivity contribution in [2.24, 2.45) is 0 Å². The Morgan fingerprint density at radius 1 is 1.07 bits per heavy atom. The van der Waals surface area contributed by atoms with Crippen LogP contribution in [0.1, 0.15) is 48.6 Å². The molecule has 0 saturated heterocycles. The summed E-state index contributed by atoms with van der Waals surface area (Å²) in [4.78, 5) is 2.51. The van der Waals surface area contributed by atoms with Crippen molar-refractivity contribution in [2.45, 2.75) is 32.7 Å². The normalized spacial score (nSPS) is 19.1. The van der Waals surface area contributed by atoms with Crippen LogP contribution in [0.2, 0.25) is 0 Å². The van der Waals surface area contributed by atoms with Gasteiger partial charge in [0.2, 0.25) is 6.79 Å². The van der Waals surface area contributed by atoms with Crippen LogP contribution < -0.4 is 18.9 Å². The molecule has 0 aromatic heterocycles. The predicted octanol–water partition coefficient (Wildman–Crippen LogP) is 4.64. The SMILES string of the molecule is CCC1=C2c3cc4c(cc3CCN2C(C)c2c1ccc(OC)c2OC)OCO4. The topological polar surface area (TPSA) is 40.2 Å². The van der Waals surface area contributed by atoms with E-state index >= 15 is 0 Å². The van der Waals surface area contributed by atoms with E-state index in [4.69, 9.17) is 18.9 Å². The Bertz CT molecular complexity index is 995. The zero-order chi connectivity index (χ0) is 19.4. The lowest BCUT2D eigenvalue weighted by Crippen LogP contribution is -2.35. The molecule has 0 aliphatic carbocycles. The summed E-state index contributed by atoms with van der Waals surface area (Å²) in [5, 5.41) is 0. The number of hydrogen-bond acceptors (Lipinski definition) is 5. The summed E-state index contributed by atoms with van der Waals surface area (Å²) in [5.74, 6) is 3.33. The van der Waals surface area contributed by atoms with Gasteiger partial charge in [0, 0.05) is 23.4 Å². The predicted molar refractivity (Wildman–Crippen MR) is 108 cm³/mol. The Labute approximate surface area is 165 Å². The number of rotatable bonds is 3. The molecule has 5 rings (SSSR count). The Hall–Kier alpha value is -2.82. The molecule has 146 valence electrons. The quantitative estimate of drug-likeness (QED) is 0.777. The fraction of sp³-hybridized carbons (Fsp3) is 0.391. The van der Waals surface area contributed by atoms with E-state index in [1.54, 1.807) is 14.2 Å². The molecular weight excluding hydrogens is 354 g/mol. The molecule has 3 heterocycles. The molecule has 2 aromatic carbocycles. The third-order valence-electron chi connectivity index (χ3n) is 6.20. The highest BCUT2D eigenvalue weighted by atomic mass is 16.7.